The van der Waals surface area contributed by atoms with Gasteiger partial charge in [-0.2, -0.15) is 0 Å². The zero-order valence-electron chi connectivity index (χ0n) is 56.5. The molecule has 10 heteroatoms. The second-order valence-corrected chi connectivity index (χ2v) is 28.1. The van der Waals surface area contributed by atoms with Gasteiger partial charge in [-0.1, -0.05) is 353 Å². The first-order valence-electron chi connectivity index (χ1n) is 36.9. The van der Waals surface area contributed by atoms with Gasteiger partial charge in [-0.05, 0) is 38.5 Å². The van der Waals surface area contributed by atoms with Crippen LogP contribution in [0.3, 0.4) is 0 Å². The Hall–Kier alpha value is -1.25. The molecule has 0 aliphatic heterocycles. The zero-order chi connectivity index (χ0) is 60.5. The van der Waals surface area contributed by atoms with Crippen LogP contribution in [0.1, 0.15) is 393 Å². The summed E-state index contributed by atoms with van der Waals surface area (Å²) in [4.78, 5) is 35.9. The van der Waals surface area contributed by atoms with E-state index in [2.05, 4.69) is 26.0 Å². The molecule has 2 unspecified atom stereocenters. The molecule has 494 valence electrons. The first-order chi connectivity index (χ1) is 40.5. The molecule has 2 atom stereocenters. The Morgan fingerprint density at radius 2 is 0.614 bits per heavy atom. The maximum atomic E-state index is 12.9. The molecular formula is C73H145NO8P+. The number of unbranched alkanes of at least 4 members (excludes halogenated alkanes) is 54. The fourth-order valence-electron chi connectivity index (χ4n) is 11.4. The lowest BCUT2D eigenvalue weighted by Crippen LogP contribution is -2.37. The maximum Gasteiger partial charge on any atom is 0.472 e. The molecule has 1 N–H and O–H groups in total. The van der Waals surface area contributed by atoms with Gasteiger partial charge in [-0.15, -0.1) is 0 Å². The second kappa shape index (κ2) is 65.2. The number of nitrogens with zero attached hydrogens (tertiary/aromatic N) is 1. The molecule has 0 aliphatic carbocycles. The molecule has 0 fully saturated rings. The topological polar surface area (TPSA) is 108 Å². The van der Waals surface area contributed by atoms with Gasteiger partial charge in [0.25, 0.3) is 0 Å². The number of likely N-dealkylation sites (N-methyl/N-ethyl adjacent to an activating group) is 1. The largest absolute Gasteiger partial charge is 0.472 e. The summed E-state index contributed by atoms with van der Waals surface area (Å²) in [5.74, 6) is -0.769. The van der Waals surface area contributed by atoms with Gasteiger partial charge in [0.15, 0.2) is 6.10 Å². The van der Waals surface area contributed by atoms with Crippen molar-refractivity contribution in [3.8, 4) is 0 Å². The third-order valence-corrected chi connectivity index (χ3v) is 18.0. The highest BCUT2D eigenvalue weighted by atomic mass is 31.2. The average molecular weight is 1200 g/mol. The zero-order valence-corrected chi connectivity index (χ0v) is 57.4. The van der Waals surface area contributed by atoms with E-state index in [-0.39, 0.29) is 25.6 Å². The fraction of sp³-hybridized carbons (Fsp3) is 0.945. The minimum Gasteiger partial charge on any atom is -0.462 e. The van der Waals surface area contributed by atoms with E-state index in [4.69, 9.17) is 18.5 Å². The molecule has 83 heavy (non-hydrogen) atoms. The van der Waals surface area contributed by atoms with Crippen LogP contribution in [-0.4, -0.2) is 74.9 Å². The lowest BCUT2D eigenvalue weighted by molar-refractivity contribution is -0.870. The summed E-state index contributed by atoms with van der Waals surface area (Å²) >= 11 is 0. The van der Waals surface area contributed by atoms with E-state index < -0.39 is 26.5 Å². The van der Waals surface area contributed by atoms with Crippen molar-refractivity contribution >= 4 is 19.8 Å². The van der Waals surface area contributed by atoms with Crippen LogP contribution in [0.2, 0.25) is 0 Å². The summed E-state index contributed by atoms with van der Waals surface area (Å²) in [6.45, 7) is 4.53. The number of hydrogen-bond acceptors (Lipinski definition) is 7. The van der Waals surface area contributed by atoms with E-state index in [1.807, 2.05) is 21.1 Å². The number of rotatable bonds is 70. The summed E-state index contributed by atoms with van der Waals surface area (Å²) in [6, 6.07) is 0. The maximum absolute atomic E-state index is 12.9. The molecule has 0 spiro atoms. The monoisotopic (exact) mass is 1200 g/mol. The van der Waals surface area contributed by atoms with E-state index in [9.17, 15) is 19.0 Å². The third-order valence-electron chi connectivity index (χ3n) is 17.0. The third kappa shape index (κ3) is 69.7. The van der Waals surface area contributed by atoms with Gasteiger partial charge in [-0.25, -0.2) is 4.57 Å². The Morgan fingerprint density at radius 1 is 0.361 bits per heavy atom. The van der Waals surface area contributed by atoms with Crippen LogP contribution in [0.25, 0.3) is 0 Å². The van der Waals surface area contributed by atoms with Crippen LogP contribution in [0.5, 0.6) is 0 Å². The molecule has 0 aromatic carbocycles. The lowest BCUT2D eigenvalue weighted by atomic mass is 10.0. The predicted molar refractivity (Wildman–Crippen MR) is 358 cm³/mol. The Bertz CT molecular complexity index is 1400. The molecule has 0 heterocycles. The summed E-state index contributed by atoms with van der Waals surface area (Å²) < 4.78 is 34.8. The minimum absolute atomic E-state index is 0.0366. The van der Waals surface area contributed by atoms with E-state index in [0.717, 1.165) is 38.5 Å². The van der Waals surface area contributed by atoms with Crippen LogP contribution in [0.15, 0.2) is 12.2 Å². The van der Waals surface area contributed by atoms with E-state index >= 15 is 0 Å². The van der Waals surface area contributed by atoms with Crippen LogP contribution in [0.4, 0.5) is 0 Å². The Morgan fingerprint density at radius 3 is 0.892 bits per heavy atom. The van der Waals surface area contributed by atoms with Crippen molar-refractivity contribution in [1.82, 2.24) is 0 Å². The first-order valence-corrected chi connectivity index (χ1v) is 38.4. The second-order valence-electron chi connectivity index (χ2n) is 26.7. The minimum atomic E-state index is -4.39. The van der Waals surface area contributed by atoms with Crippen LogP contribution >= 0.6 is 7.82 Å². The molecule has 0 saturated carbocycles. The number of quaternary nitrogens is 1. The number of ether oxygens (including phenoxy) is 2. The predicted octanol–water partition coefficient (Wildman–Crippen LogP) is 23.9. The van der Waals surface area contributed by atoms with Gasteiger partial charge in [0.2, 0.25) is 0 Å². The summed E-state index contributed by atoms with van der Waals surface area (Å²) in [5.41, 5.74) is 0. The van der Waals surface area contributed by atoms with Crippen molar-refractivity contribution in [3.63, 3.8) is 0 Å². The number of esters is 2. The number of phosphoric acid groups is 1. The molecule has 0 radical (unpaired) electrons. The summed E-state index contributed by atoms with van der Waals surface area (Å²) in [6.07, 6.45) is 80.5. The van der Waals surface area contributed by atoms with Crippen molar-refractivity contribution < 1.29 is 42.1 Å². The van der Waals surface area contributed by atoms with Crippen LogP contribution < -0.4 is 0 Å². The highest BCUT2D eigenvalue weighted by Crippen LogP contribution is 2.43. The fourth-order valence-corrected chi connectivity index (χ4v) is 12.1. The first kappa shape index (κ1) is 81.8. The number of carbonyl (C=O) groups excluding carboxylic acids is 2. The van der Waals surface area contributed by atoms with E-state index in [1.54, 1.807) is 0 Å². The highest BCUT2D eigenvalue weighted by molar-refractivity contribution is 7.47. The normalized spacial score (nSPS) is 13.1. The molecule has 0 rings (SSSR count). The van der Waals surface area contributed by atoms with Crippen LogP contribution in [-0.2, 0) is 32.7 Å². The standard InChI is InChI=1S/C73H144NO8P/c1-6-8-10-12-14-16-18-20-22-24-26-28-30-32-34-36-38-39-41-43-45-47-49-51-53-55-57-59-61-63-65-72(75)79-69-71(70-81-83(77,78)80-68-67-74(3,4)5)82-73(76)66-64-62-60-58-56-54-52-50-48-46-44-42-40-37-35-33-31-29-27-25-23-21-19-17-15-13-11-9-7-2/h25,27,71H,6-24,26,28-70H2,1-5H3/p+1/b27-25-. The molecule has 0 aromatic heterocycles. The van der Waals surface area contributed by atoms with Crippen molar-refractivity contribution in [2.45, 2.75) is 399 Å². The van der Waals surface area contributed by atoms with Crippen molar-refractivity contribution in [1.29, 1.82) is 0 Å². The van der Waals surface area contributed by atoms with Crippen molar-refractivity contribution in [3.05, 3.63) is 12.2 Å². The molecule has 0 aliphatic rings. The van der Waals surface area contributed by atoms with Gasteiger partial charge in [0.05, 0.1) is 27.7 Å². The molecule has 0 amide bonds. The molecule has 0 bridgehead atoms. The smallest absolute Gasteiger partial charge is 0.462 e. The van der Waals surface area contributed by atoms with Gasteiger partial charge in [0, 0.05) is 12.8 Å². The van der Waals surface area contributed by atoms with E-state index in [0.29, 0.717) is 17.4 Å². The molecule has 0 aromatic rings. The lowest BCUT2D eigenvalue weighted by Gasteiger charge is -2.24. The van der Waals surface area contributed by atoms with Crippen molar-refractivity contribution in [2.24, 2.45) is 0 Å². The highest BCUT2D eigenvalue weighted by Gasteiger charge is 2.27. The molecule has 0 saturated heterocycles. The van der Waals surface area contributed by atoms with Gasteiger partial charge in [-0.3, -0.25) is 18.6 Å². The van der Waals surface area contributed by atoms with Crippen LogP contribution in [0, 0.1) is 0 Å². The number of carbonyl (C=O) groups is 2. The summed E-state index contributed by atoms with van der Waals surface area (Å²) in [7, 11) is 1.50. The Kier molecular flexibility index (Phi) is 64.2. The average Bonchev–Trinajstić information content (AvgIpc) is 3.49. The summed E-state index contributed by atoms with van der Waals surface area (Å²) in [5, 5.41) is 0. The molecule has 9 nitrogen and oxygen atoms in total. The van der Waals surface area contributed by atoms with Gasteiger partial charge < -0.3 is 18.9 Å². The van der Waals surface area contributed by atoms with Crippen molar-refractivity contribution in [2.75, 3.05) is 47.5 Å². The Balaban J connectivity index is 3.95. The number of hydrogen-bond donors (Lipinski definition) is 1. The Labute approximate surface area is 517 Å². The number of allylic oxidation sites excluding steroid dienone is 2. The van der Waals surface area contributed by atoms with Gasteiger partial charge >= 0.3 is 19.8 Å². The SMILES string of the molecule is CCCCCCCCCC/C=C\CCCCCCCCCCCCCCCCCCCC(=O)OC(COC(=O)CCCCCCCCCCCCCCCCCCCCCCCCCCCCCCCC)COP(=O)(O)OCC[N+](C)(C)C. The molecular weight excluding hydrogens is 1050 g/mol. The van der Waals surface area contributed by atoms with E-state index in [1.165, 1.54) is 327 Å². The number of phosphoric ester groups is 1. The quantitative estimate of drug-likeness (QED) is 0.0211. The van der Waals surface area contributed by atoms with Gasteiger partial charge in [0.1, 0.15) is 19.8 Å².